The highest BCUT2D eigenvalue weighted by molar-refractivity contribution is 6.30. The Morgan fingerprint density at radius 2 is 1.97 bits per heavy atom. The number of nitrogens with one attached hydrogen (secondary N) is 2. The minimum atomic E-state index is -0.332. The van der Waals surface area contributed by atoms with Gasteiger partial charge < -0.3 is 10.6 Å². The van der Waals surface area contributed by atoms with Crippen molar-refractivity contribution >= 4 is 29.9 Å². The Bertz CT molecular complexity index is 1020. The van der Waals surface area contributed by atoms with Crippen LogP contribution in [-0.2, 0) is 6.54 Å². The highest BCUT2D eigenvalue weighted by Gasteiger charge is 2.27. The van der Waals surface area contributed by atoms with Crippen molar-refractivity contribution in [1.82, 2.24) is 20.4 Å². The van der Waals surface area contributed by atoms with E-state index in [1.54, 1.807) is 29.1 Å². The first-order valence-corrected chi connectivity index (χ1v) is 10.1. The topological polar surface area (TPSA) is 59.0 Å². The van der Waals surface area contributed by atoms with E-state index in [4.69, 9.17) is 11.6 Å². The van der Waals surface area contributed by atoms with Crippen molar-refractivity contribution in [3.63, 3.8) is 0 Å². The molecule has 1 aliphatic rings. The van der Waals surface area contributed by atoms with Gasteiger partial charge in [0, 0.05) is 17.5 Å². The van der Waals surface area contributed by atoms with Crippen molar-refractivity contribution in [3.8, 4) is 5.69 Å². The Balaban J connectivity index is 0.00000256. The molecular formula is C22H23Cl2FN4O. The summed E-state index contributed by atoms with van der Waals surface area (Å²) in [5.74, 6) is -0.351. The molecule has 2 aromatic carbocycles. The van der Waals surface area contributed by atoms with Gasteiger partial charge in [-0.3, -0.25) is 4.79 Å². The fourth-order valence-corrected chi connectivity index (χ4v) is 3.97. The van der Waals surface area contributed by atoms with E-state index in [2.05, 4.69) is 15.7 Å². The average Bonchev–Trinajstić information content (AvgIpc) is 3.18. The monoisotopic (exact) mass is 448 g/mol. The van der Waals surface area contributed by atoms with Crippen molar-refractivity contribution in [3.05, 3.63) is 82.4 Å². The van der Waals surface area contributed by atoms with E-state index >= 15 is 0 Å². The lowest BCUT2D eigenvalue weighted by Crippen LogP contribution is -2.30. The number of hydrogen-bond acceptors (Lipinski definition) is 3. The van der Waals surface area contributed by atoms with Gasteiger partial charge in [0.15, 0.2) is 0 Å². The second-order valence-electron chi connectivity index (χ2n) is 7.17. The smallest absolute Gasteiger partial charge is 0.255 e. The molecule has 2 heterocycles. The minimum absolute atomic E-state index is 0. The van der Waals surface area contributed by atoms with E-state index in [0.717, 1.165) is 37.2 Å². The Labute approximate surface area is 186 Å². The molecule has 1 aliphatic heterocycles. The molecule has 158 valence electrons. The Hall–Kier alpha value is -2.41. The molecule has 0 radical (unpaired) electrons. The van der Waals surface area contributed by atoms with Gasteiger partial charge in [-0.05, 0) is 61.8 Å². The van der Waals surface area contributed by atoms with Crippen LogP contribution in [0.5, 0.6) is 0 Å². The van der Waals surface area contributed by atoms with Crippen LogP contribution in [0, 0.1) is 5.82 Å². The van der Waals surface area contributed by atoms with Crippen LogP contribution >= 0.6 is 24.0 Å². The van der Waals surface area contributed by atoms with E-state index in [-0.39, 0.29) is 30.0 Å². The molecule has 1 saturated heterocycles. The number of carbonyl (C=O) groups excluding carboxylic acids is 1. The molecule has 1 aromatic heterocycles. The second-order valence-corrected chi connectivity index (χ2v) is 7.61. The zero-order chi connectivity index (χ0) is 20.2. The molecule has 3 aromatic rings. The van der Waals surface area contributed by atoms with Crippen molar-refractivity contribution in [2.45, 2.75) is 25.3 Å². The van der Waals surface area contributed by atoms with Crippen LogP contribution in [-0.4, -0.2) is 28.8 Å². The van der Waals surface area contributed by atoms with Gasteiger partial charge in [0.05, 0.1) is 23.1 Å². The molecule has 0 aliphatic carbocycles. The summed E-state index contributed by atoms with van der Waals surface area (Å²) < 4.78 is 15.5. The van der Waals surface area contributed by atoms with E-state index in [1.807, 2.05) is 18.2 Å². The van der Waals surface area contributed by atoms with E-state index in [9.17, 15) is 9.18 Å². The summed E-state index contributed by atoms with van der Waals surface area (Å²) >= 11 is 6.03. The van der Waals surface area contributed by atoms with E-state index in [1.165, 1.54) is 12.1 Å². The third-order valence-electron chi connectivity index (χ3n) is 5.17. The summed E-state index contributed by atoms with van der Waals surface area (Å²) in [5.41, 5.74) is 2.91. The molecule has 2 N–H and O–H groups in total. The van der Waals surface area contributed by atoms with Gasteiger partial charge in [-0.15, -0.1) is 12.4 Å². The average molecular weight is 449 g/mol. The van der Waals surface area contributed by atoms with Gasteiger partial charge in [0.25, 0.3) is 5.91 Å². The first-order valence-electron chi connectivity index (χ1n) is 9.69. The Kier molecular flexibility index (Phi) is 7.48. The maximum absolute atomic E-state index is 13.8. The number of rotatable bonds is 5. The lowest BCUT2D eigenvalue weighted by Gasteiger charge is -2.24. The molecular weight excluding hydrogens is 426 g/mol. The lowest BCUT2D eigenvalue weighted by atomic mass is 9.91. The summed E-state index contributed by atoms with van der Waals surface area (Å²) in [5, 5.41) is 11.4. The van der Waals surface area contributed by atoms with Crippen LogP contribution in [0.1, 0.15) is 40.4 Å². The summed E-state index contributed by atoms with van der Waals surface area (Å²) in [4.78, 5) is 13.0. The minimum Gasteiger partial charge on any atom is -0.348 e. The molecule has 0 atom stereocenters. The molecule has 30 heavy (non-hydrogen) atoms. The first-order chi connectivity index (χ1) is 14.1. The van der Waals surface area contributed by atoms with Crippen molar-refractivity contribution in [2.75, 3.05) is 13.1 Å². The number of benzene rings is 2. The Morgan fingerprint density at radius 3 is 2.70 bits per heavy atom. The zero-order valence-electron chi connectivity index (χ0n) is 16.3. The van der Waals surface area contributed by atoms with Crippen molar-refractivity contribution in [1.29, 1.82) is 0 Å². The highest BCUT2D eigenvalue weighted by Crippen LogP contribution is 2.30. The van der Waals surface area contributed by atoms with Crippen LogP contribution in [0.25, 0.3) is 5.69 Å². The molecule has 4 rings (SSSR count). The van der Waals surface area contributed by atoms with Crippen LogP contribution < -0.4 is 10.6 Å². The second kappa shape index (κ2) is 10.1. The molecule has 0 unspecified atom stereocenters. The fourth-order valence-electron chi connectivity index (χ4n) is 3.76. The normalized spacial score (nSPS) is 14.2. The van der Waals surface area contributed by atoms with Gasteiger partial charge in [-0.1, -0.05) is 29.8 Å². The first kappa shape index (κ1) is 22.3. The number of aromatic nitrogens is 2. The van der Waals surface area contributed by atoms with Crippen molar-refractivity contribution in [2.24, 2.45) is 0 Å². The maximum Gasteiger partial charge on any atom is 0.255 e. The summed E-state index contributed by atoms with van der Waals surface area (Å²) in [6.45, 7) is 2.13. The van der Waals surface area contributed by atoms with Gasteiger partial charge in [-0.2, -0.15) is 5.10 Å². The molecule has 8 heteroatoms. The standard InChI is InChI=1S/C22H22ClFN4O.ClH/c23-17-4-1-3-15(11-17)13-26-22(29)20-14-27-28(19-6-2-5-18(24)12-19)21(20)16-7-9-25-10-8-16;/h1-6,11-12,14,16,25H,7-10,13H2,(H,26,29);1H. The summed E-state index contributed by atoms with van der Waals surface area (Å²) in [6, 6.07) is 13.7. The summed E-state index contributed by atoms with van der Waals surface area (Å²) in [7, 11) is 0. The number of nitrogens with zero attached hydrogens (tertiary/aromatic N) is 2. The van der Waals surface area contributed by atoms with Gasteiger partial charge in [-0.25, -0.2) is 9.07 Å². The van der Waals surface area contributed by atoms with E-state index < -0.39 is 0 Å². The molecule has 1 fully saturated rings. The van der Waals surface area contributed by atoms with Crippen LogP contribution in [0.15, 0.2) is 54.7 Å². The number of amides is 1. The molecule has 5 nitrogen and oxygen atoms in total. The van der Waals surface area contributed by atoms with Gasteiger partial charge in [0.1, 0.15) is 5.82 Å². The lowest BCUT2D eigenvalue weighted by molar-refractivity contribution is 0.0949. The zero-order valence-corrected chi connectivity index (χ0v) is 17.8. The van der Waals surface area contributed by atoms with Gasteiger partial charge in [0.2, 0.25) is 0 Å². The van der Waals surface area contributed by atoms with Gasteiger partial charge >= 0.3 is 0 Å². The largest absolute Gasteiger partial charge is 0.348 e. The predicted octanol–water partition coefficient (Wildman–Crippen LogP) is 4.48. The number of carbonyl (C=O) groups is 1. The number of hydrogen-bond donors (Lipinski definition) is 2. The Morgan fingerprint density at radius 1 is 1.20 bits per heavy atom. The quantitative estimate of drug-likeness (QED) is 0.604. The molecule has 0 spiro atoms. The van der Waals surface area contributed by atoms with Crippen LogP contribution in [0.3, 0.4) is 0 Å². The van der Waals surface area contributed by atoms with Crippen LogP contribution in [0.4, 0.5) is 4.39 Å². The third kappa shape index (κ3) is 5.01. The molecule has 1 amide bonds. The van der Waals surface area contributed by atoms with Crippen LogP contribution in [0.2, 0.25) is 5.02 Å². The third-order valence-corrected chi connectivity index (χ3v) is 5.41. The highest BCUT2D eigenvalue weighted by atomic mass is 35.5. The summed E-state index contributed by atoms with van der Waals surface area (Å²) in [6.07, 6.45) is 3.38. The SMILES string of the molecule is Cl.O=C(NCc1cccc(Cl)c1)c1cnn(-c2cccc(F)c2)c1C1CCNCC1. The van der Waals surface area contributed by atoms with Crippen molar-refractivity contribution < 1.29 is 9.18 Å². The number of piperidine rings is 1. The number of halogens is 3. The van der Waals surface area contributed by atoms with E-state index in [0.29, 0.717) is 22.8 Å². The molecule has 0 saturated carbocycles. The maximum atomic E-state index is 13.8. The molecule has 0 bridgehead atoms. The predicted molar refractivity (Wildman–Crippen MR) is 118 cm³/mol. The fraction of sp³-hybridized carbons (Fsp3) is 0.273.